The van der Waals surface area contributed by atoms with Crippen molar-refractivity contribution in [3.05, 3.63) is 192 Å². The zero-order valence-corrected chi connectivity index (χ0v) is 47.9. The van der Waals surface area contributed by atoms with Crippen LogP contribution in [0.3, 0.4) is 0 Å². The van der Waals surface area contributed by atoms with Crippen molar-refractivity contribution in [2.75, 3.05) is 11.5 Å². The summed E-state index contributed by atoms with van der Waals surface area (Å²) >= 11 is 0. The standard InChI is InChI=1S/C70H70N8O2/c1-67(2,3)45-33-46(68(4,5)6)36-51(35-45)77-59-23-17-21-53(63(59)75-65(77)55-19-13-15-25-61(55)79)41-27-43(31-49(71)29-41)57-39-58(74-40-73-57)44-28-42(30-50(72)32-44)54-22-18-24-60-64(54)76-66(56-20-14-16-26-62(56)80)78(60)52-37-47(69(7,8)9)34-48(38-52)70(10,11)12/h13-40,79-80H,71-72H2,1-12H3. The van der Waals surface area contributed by atoms with E-state index in [-0.39, 0.29) is 33.2 Å². The topological polar surface area (TPSA) is 154 Å². The highest BCUT2D eigenvalue weighted by Gasteiger charge is 2.28. The fourth-order valence-electron chi connectivity index (χ4n) is 10.7. The van der Waals surface area contributed by atoms with Gasteiger partial charge in [-0.3, -0.25) is 9.13 Å². The number of nitrogen functional groups attached to an aromatic ring is 2. The van der Waals surface area contributed by atoms with Gasteiger partial charge in [0.05, 0.1) is 44.6 Å². The Morgan fingerprint density at radius 1 is 0.362 bits per heavy atom. The maximum absolute atomic E-state index is 11.4. The number of aromatic nitrogens is 6. The molecule has 3 heterocycles. The highest BCUT2D eigenvalue weighted by molar-refractivity contribution is 5.99. The van der Waals surface area contributed by atoms with E-state index in [1.54, 1.807) is 18.5 Å². The molecule has 0 radical (unpaired) electrons. The van der Waals surface area contributed by atoms with E-state index in [0.29, 0.717) is 45.5 Å². The van der Waals surface area contributed by atoms with Crippen LogP contribution in [0.5, 0.6) is 11.5 Å². The molecule has 0 saturated heterocycles. The average molecular weight is 1060 g/mol. The Labute approximate surface area is 469 Å². The quantitative estimate of drug-likeness (QED) is 0.110. The first-order chi connectivity index (χ1) is 37.8. The summed E-state index contributed by atoms with van der Waals surface area (Å²) in [5, 5.41) is 22.8. The molecule has 8 aromatic carbocycles. The number of aromatic hydroxyl groups is 2. The average Bonchev–Trinajstić information content (AvgIpc) is 4.23. The van der Waals surface area contributed by atoms with Gasteiger partial charge in [0, 0.05) is 45.0 Å². The highest BCUT2D eigenvalue weighted by atomic mass is 16.3. The van der Waals surface area contributed by atoms with Crippen LogP contribution in [0.4, 0.5) is 11.4 Å². The number of rotatable bonds is 8. The van der Waals surface area contributed by atoms with Crippen LogP contribution in [-0.2, 0) is 21.7 Å². The fourth-order valence-corrected chi connectivity index (χ4v) is 10.7. The Hall–Kier alpha value is -9.02. The van der Waals surface area contributed by atoms with Crippen LogP contribution < -0.4 is 11.5 Å². The van der Waals surface area contributed by atoms with Gasteiger partial charge < -0.3 is 21.7 Å². The molecule has 0 unspecified atom stereocenters. The Morgan fingerprint density at radius 2 is 0.700 bits per heavy atom. The Bertz CT molecular complexity index is 3900. The molecule has 11 aromatic rings. The van der Waals surface area contributed by atoms with Crippen LogP contribution in [0.25, 0.3) is 101 Å². The number of nitrogens with zero attached hydrogens (tertiary/aromatic N) is 6. The number of nitrogens with two attached hydrogens (primary N) is 2. The van der Waals surface area contributed by atoms with E-state index >= 15 is 0 Å². The number of para-hydroxylation sites is 4. The fraction of sp³-hybridized carbons (Fsp3) is 0.229. The third-order valence-corrected chi connectivity index (χ3v) is 15.3. The van der Waals surface area contributed by atoms with Gasteiger partial charge in [-0.05, 0) is 158 Å². The molecule has 10 heteroatoms. The van der Waals surface area contributed by atoms with Gasteiger partial charge in [0.2, 0.25) is 0 Å². The molecule has 10 nitrogen and oxygen atoms in total. The summed E-state index contributed by atoms with van der Waals surface area (Å²) < 4.78 is 4.35. The molecule has 6 N–H and O–H groups in total. The summed E-state index contributed by atoms with van der Waals surface area (Å²) in [4.78, 5) is 20.4. The molecule has 0 aliphatic rings. The second-order valence-electron chi connectivity index (χ2n) is 25.4. The minimum atomic E-state index is -0.128. The first-order valence-electron chi connectivity index (χ1n) is 27.4. The molecule has 0 saturated carbocycles. The lowest BCUT2D eigenvalue weighted by atomic mass is 9.80. The molecule has 0 aliphatic carbocycles. The van der Waals surface area contributed by atoms with Crippen molar-refractivity contribution < 1.29 is 10.2 Å². The molecule has 11 rings (SSSR count). The Kier molecular flexibility index (Phi) is 12.9. The molecule has 0 atom stereocenters. The van der Waals surface area contributed by atoms with Crippen LogP contribution in [0.1, 0.15) is 105 Å². The van der Waals surface area contributed by atoms with E-state index in [0.717, 1.165) is 66.8 Å². The number of phenols is 2. The number of benzene rings is 8. The molecule has 0 spiro atoms. The summed E-state index contributed by atoms with van der Waals surface area (Å²) in [6, 6.07) is 54.8. The predicted octanol–water partition coefficient (Wildman–Crippen LogP) is 16.9. The first-order valence-corrected chi connectivity index (χ1v) is 27.4. The molecule has 0 bridgehead atoms. The normalized spacial score (nSPS) is 12.4. The van der Waals surface area contributed by atoms with Gasteiger partial charge in [-0.25, -0.2) is 19.9 Å². The van der Waals surface area contributed by atoms with E-state index in [2.05, 4.69) is 177 Å². The third kappa shape index (κ3) is 9.95. The Morgan fingerprint density at radius 3 is 1.05 bits per heavy atom. The van der Waals surface area contributed by atoms with Gasteiger partial charge in [-0.2, -0.15) is 0 Å². The van der Waals surface area contributed by atoms with Crippen molar-refractivity contribution in [2.45, 2.75) is 105 Å². The van der Waals surface area contributed by atoms with Gasteiger partial charge in [0.15, 0.2) is 0 Å². The third-order valence-electron chi connectivity index (χ3n) is 15.3. The van der Waals surface area contributed by atoms with Crippen molar-refractivity contribution >= 4 is 33.4 Å². The molecule has 0 amide bonds. The number of hydrogen-bond acceptors (Lipinski definition) is 8. The lowest BCUT2D eigenvalue weighted by Crippen LogP contribution is -2.17. The van der Waals surface area contributed by atoms with Crippen molar-refractivity contribution in [2.24, 2.45) is 0 Å². The molecule has 80 heavy (non-hydrogen) atoms. The van der Waals surface area contributed by atoms with Crippen molar-refractivity contribution in [3.63, 3.8) is 0 Å². The smallest absolute Gasteiger partial charge is 0.149 e. The summed E-state index contributed by atoms with van der Waals surface area (Å²) in [5.74, 6) is 1.54. The molecular weight excluding hydrogens is 985 g/mol. The van der Waals surface area contributed by atoms with Crippen LogP contribution in [-0.4, -0.2) is 39.3 Å². The Balaban J connectivity index is 1.03. The zero-order valence-electron chi connectivity index (χ0n) is 47.9. The first kappa shape index (κ1) is 53.0. The van der Waals surface area contributed by atoms with Crippen LogP contribution >= 0.6 is 0 Å². The number of phenolic OH excluding ortho intramolecular Hbond substituents is 2. The van der Waals surface area contributed by atoms with E-state index in [9.17, 15) is 10.2 Å². The second kappa shape index (κ2) is 19.4. The highest BCUT2D eigenvalue weighted by Crippen LogP contribution is 2.44. The SMILES string of the molecule is CC(C)(C)c1cc(-n2c(-c3ccccc3O)nc3c(-c4cc(N)cc(-c5cc(-c6cc(N)cc(-c7cccc8c7nc(-c7ccccc7O)n8-c7cc(C(C)(C)C)cc(C(C)(C)C)c7)c6)ncn5)c4)cccc32)cc(C(C)(C)C)c1. The molecule has 0 fully saturated rings. The van der Waals surface area contributed by atoms with E-state index in [4.69, 9.17) is 31.4 Å². The van der Waals surface area contributed by atoms with Crippen LogP contribution in [0.2, 0.25) is 0 Å². The lowest BCUT2D eigenvalue weighted by Gasteiger charge is -2.27. The molecule has 0 aliphatic heterocycles. The van der Waals surface area contributed by atoms with Gasteiger partial charge in [0.25, 0.3) is 0 Å². The maximum atomic E-state index is 11.4. The van der Waals surface area contributed by atoms with Gasteiger partial charge in [-0.1, -0.05) is 144 Å². The molecule has 402 valence electrons. The van der Waals surface area contributed by atoms with Gasteiger partial charge >= 0.3 is 0 Å². The number of anilines is 2. The lowest BCUT2D eigenvalue weighted by molar-refractivity contribution is 0.476. The summed E-state index contributed by atoms with van der Waals surface area (Å²) in [6.45, 7) is 26.8. The van der Waals surface area contributed by atoms with E-state index in [1.165, 1.54) is 22.3 Å². The zero-order chi connectivity index (χ0) is 56.8. The van der Waals surface area contributed by atoms with Crippen LogP contribution in [0.15, 0.2) is 170 Å². The largest absolute Gasteiger partial charge is 0.507 e. The number of imidazole rings is 2. The molecule has 3 aromatic heterocycles. The second-order valence-corrected chi connectivity index (χ2v) is 25.4. The van der Waals surface area contributed by atoms with Crippen LogP contribution in [0, 0.1) is 0 Å². The summed E-state index contributed by atoms with van der Waals surface area (Å²) in [6.07, 6.45) is 1.58. The van der Waals surface area contributed by atoms with E-state index < -0.39 is 0 Å². The maximum Gasteiger partial charge on any atom is 0.149 e. The summed E-state index contributed by atoms with van der Waals surface area (Å²) in [7, 11) is 0. The predicted molar refractivity (Wildman–Crippen MR) is 331 cm³/mol. The summed E-state index contributed by atoms with van der Waals surface area (Å²) in [5.41, 5.74) is 32.0. The van der Waals surface area contributed by atoms with Gasteiger partial charge in [0.1, 0.15) is 29.5 Å². The van der Waals surface area contributed by atoms with Crippen molar-refractivity contribution in [1.82, 2.24) is 29.1 Å². The minimum Gasteiger partial charge on any atom is -0.507 e. The number of fused-ring (bicyclic) bond motifs is 2. The van der Waals surface area contributed by atoms with E-state index in [1.807, 2.05) is 66.7 Å². The number of hydrogen-bond donors (Lipinski definition) is 4. The van der Waals surface area contributed by atoms with Crippen molar-refractivity contribution in [1.29, 1.82) is 0 Å². The monoisotopic (exact) mass is 1050 g/mol. The van der Waals surface area contributed by atoms with Gasteiger partial charge in [-0.15, -0.1) is 0 Å². The minimum absolute atomic E-state index is 0.128. The van der Waals surface area contributed by atoms with Crippen molar-refractivity contribution in [3.8, 4) is 90.4 Å². The molecular formula is C70H70N8O2.